The number of hydrogen-bond acceptors (Lipinski definition) is 6. The highest BCUT2D eigenvalue weighted by Crippen LogP contribution is 2.23. The predicted octanol–water partition coefficient (Wildman–Crippen LogP) is 4.49. The van der Waals surface area contributed by atoms with Crippen LogP contribution in [0.3, 0.4) is 0 Å². The molecule has 4 rings (SSSR count). The van der Waals surface area contributed by atoms with Crippen molar-refractivity contribution < 1.29 is 28.3 Å². The largest absolute Gasteiger partial charge is 0.658 e. The first-order chi connectivity index (χ1) is 14.3. The molecule has 0 N–H and O–H groups in total. The van der Waals surface area contributed by atoms with Crippen LogP contribution in [0.1, 0.15) is 38.5 Å². The minimum Gasteiger partial charge on any atom is -0.526 e. The standard InChI is InChI=1S/C22H26BO6/c1-3-15-24-21(5-1)26-17-7-11-19(12-8-17)28-23-29-20-13-9-18(10-14-20)27-22-6-2-4-16-25-22/h7-14,21-22H,1-6,15-16H2. The number of rotatable bonds is 8. The summed E-state index contributed by atoms with van der Waals surface area (Å²) < 4.78 is 33.8. The zero-order chi connectivity index (χ0) is 19.7. The van der Waals surface area contributed by atoms with Crippen molar-refractivity contribution in [3.63, 3.8) is 0 Å². The highest BCUT2D eigenvalue weighted by molar-refractivity contribution is 6.20. The van der Waals surface area contributed by atoms with Gasteiger partial charge in [-0.1, -0.05) is 0 Å². The number of ether oxygens (including phenoxy) is 4. The summed E-state index contributed by atoms with van der Waals surface area (Å²) in [4.78, 5) is 0. The van der Waals surface area contributed by atoms with E-state index in [1.165, 1.54) is 7.69 Å². The fraction of sp³-hybridized carbons (Fsp3) is 0.455. The average Bonchev–Trinajstić information content (AvgIpc) is 2.78. The summed E-state index contributed by atoms with van der Waals surface area (Å²) in [5.74, 6) is 2.86. The van der Waals surface area contributed by atoms with Gasteiger partial charge in [-0.3, -0.25) is 0 Å². The Morgan fingerprint density at radius 2 is 1.00 bits per heavy atom. The summed E-state index contributed by atoms with van der Waals surface area (Å²) in [5, 5.41) is 0. The Hall–Kier alpha value is -2.38. The molecule has 0 aromatic heterocycles. The van der Waals surface area contributed by atoms with Gasteiger partial charge in [-0.15, -0.1) is 0 Å². The van der Waals surface area contributed by atoms with Gasteiger partial charge in [0.05, 0.1) is 13.2 Å². The van der Waals surface area contributed by atoms with Crippen molar-refractivity contribution in [2.45, 2.75) is 51.1 Å². The number of hydrogen-bond donors (Lipinski definition) is 0. The van der Waals surface area contributed by atoms with Crippen LogP contribution in [0.4, 0.5) is 0 Å². The second-order valence-electron chi connectivity index (χ2n) is 7.10. The first kappa shape index (κ1) is 19.9. The fourth-order valence-electron chi connectivity index (χ4n) is 3.24. The van der Waals surface area contributed by atoms with Crippen molar-refractivity contribution >= 4 is 7.69 Å². The zero-order valence-corrected chi connectivity index (χ0v) is 16.5. The molecule has 2 saturated heterocycles. The van der Waals surface area contributed by atoms with E-state index in [0.717, 1.165) is 63.2 Å². The summed E-state index contributed by atoms with van der Waals surface area (Å²) in [7, 11) is 1.31. The van der Waals surface area contributed by atoms with Gasteiger partial charge in [0.25, 0.3) is 0 Å². The maximum atomic E-state index is 5.81. The lowest BCUT2D eigenvalue weighted by Gasteiger charge is -2.23. The summed E-state index contributed by atoms with van der Waals surface area (Å²) in [6.45, 7) is 1.53. The van der Waals surface area contributed by atoms with Crippen molar-refractivity contribution in [1.82, 2.24) is 0 Å². The Morgan fingerprint density at radius 1 is 0.586 bits per heavy atom. The van der Waals surface area contributed by atoms with Crippen LogP contribution in [0.15, 0.2) is 48.5 Å². The van der Waals surface area contributed by atoms with Crippen molar-refractivity contribution in [2.24, 2.45) is 0 Å². The van der Waals surface area contributed by atoms with Gasteiger partial charge in [0.15, 0.2) is 12.6 Å². The van der Waals surface area contributed by atoms with E-state index in [1.807, 2.05) is 48.5 Å². The molecule has 0 bridgehead atoms. The summed E-state index contributed by atoms with van der Waals surface area (Å²) in [5.41, 5.74) is 0. The van der Waals surface area contributed by atoms with Crippen LogP contribution >= 0.6 is 0 Å². The predicted molar refractivity (Wildman–Crippen MR) is 108 cm³/mol. The van der Waals surface area contributed by atoms with Gasteiger partial charge in [0.1, 0.15) is 23.0 Å². The lowest BCUT2D eigenvalue weighted by Crippen LogP contribution is -2.24. The molecule has 0 saturated carbocycles. The molecule has 2 unspecified atom stereocenters. The van der Waals surface area contributed by atoms with E-state index in [2.05, 4.69) is 0 Å². The molecule has 2 heterocycles. The Labute approximate surface area is 172 Å². The molecule has 2 fully saturated rings. The first-order valence-corrected chi connectivity index (χ1v) is 10.3. The van der Waals surface area contributed by atoms with Crippen LogP contribution in [-0.2, 0) is 9.47 Å². The fourth-order valence-corrected chi connectivity index (χ4v) is 3.24. The van der Waals surface area contributed by atoms with Gasteiger partial charge in [-0.2, -0.15) is 0 Å². The van der Waals surface area contributed by atoms with Gasteiger partial charge in [-0.05, 0) is 74.2 Å². The SMILES string of the molecule is [B](Oc1ccc(OC2CCCCO2)cc1)Oc1ccc(OC2CCCCO2)cc1. The molecule has 6 nitrogen and oxygen atoms in total. The van der Waals surface area contributed by atoms with Gasteiger partial charge in [0.2, 0.25) is 0 Å². The molecule has 7 heteroatoms. The molecule has 0 aliphatic carbocycles. The summed E-state index contributed by atoms with van der Waals surface area (Å²) in [6, 6.07) is 14.8. The second-order valence-corrected chi connectivity index (χ2v) is 7.10. The maximum Gasteiger partial charge on any atom is 0.658 e. The molecule has 0 spiro atoms. The van der Waals surface area contributed by atoms with Crippen molar-refractivity contribution in [3.05, 3.63) is 48.5 Å². The minimum absolute atomic E-state index is 0.151. The van der Waals surface area contributed by atoms with E-state index in [1.54, 1.807) is 0 Å². The maximum absolute atomic E-state index is 5.81. The molecular weight excluding hydrogens is 371 g/mol. The molecule has 2 aliphatic rings. The van der Waals surface area contributed by atoms with Crippen LogP contribution in [-0.4, -0.2) is 33.5 Å². The van der Waals surface area contributed by atoms with E-state index >= 15 is 0 Å². The molecule has 0 amide bonds. The quantitative estimate of drug-likeness (QED) is 0.612. The summed E-state index contributed by atoms with van der Waals surface area (Å²) in [6.07, 6.45) is 6.04. The highest BCUT2D eigenvalue weighted by atomic mass is 16.7. The average molecular weight is 397 g/mol. The third kappa shape index (κ3) is 6.31. The van der Waals surface area contributed by atoms with E-state index in [-0.39, 0.29) is 12.6 Å². The van der Waals surface area contributed by atoms with Crippen molar-refractivity contribution in [3.8, 4) is 23.0 Å². The molecule has 2 aromatic carbocycles. The Kier molecular flexibility index (Phi) is 7.15. The molecule has 2 aliphatic heterocycles. The molecule has 29 heavy (non-hydrogen) atoms. The zero-order valence-electron chi connectivity index (χ0n) is 16.5. The van der Waals surface area contributed by atoms with E-state index < -0.39 is 0 Å². The van der Waals surface area contributed by atoms with Gasteiger partial charge < -0.3 is 28.3 Å². The summed E-state index contributed by atoms with van der Waals surface area (Å²) >= 11 is 0. The van der Waals surface area contributed by atoms with Crippen molar-refractivity contribution in [2.75, 3.05) is 13.2 Å². The van der Waals surface area contributed by atoms with Gasteiger partial charge in [0, 0.05) is 12.8 Å². The Bertz CT molecular complexity index is 660. The van der Waals surface area contributed by atoms with Crippen LogP contribution in [0, 0.1) is 0 Å². The molecule has 2 aromatic rings. The van der Waals surface area contributed by atoms with Crippen molar-refractivity contribution in [1.29, 1.82) is 0 Å². The lowest BCUT2D eigenvalue weighted by atomic mass is 10.2. The second kappa shape index (κ2) is 10.4. The normalized spacial score (nSPS) is 21.8. The van der Waals surface area contributed by atoms with E-state index in [9.17, 15) is 0 Å². The topological polar surface area (TPSA) is 55.4 Å². The van der Waals surface area contributed by atoms with Gasteiger partial charge >= 0.3 is 7.69 Å². The first-order valence-electron chi connectivity index (χ1n) is 10.3. The molecule has 2 atom stereocenters. The van der Waals surface area contributed by atoms with Gasteiger partial charge in [-0.25, -0.2) is 0 Å². The van der Waals surface area contributed by atoms with Crippen LogP contribution in [0.25, 0.3) is 0 Å². The molecule has 153 valence electrons. The third-order valence-electron chi connectivity index (χ3n) is 4.83. The minimum atomic E-state index is -0.151. The highest BCUT2D eigenvalue weighted by Gasteiger charge is 2.16. The van der Waals surface area contributed by atoms with E-state index in [0.29, 0.717) is 11.5 Å². The van der Waals surface area contributed by atoms with Crippen LogP contribution < -0.4 is 18.8 Å². The Balaban J connectivity index is 1.18. The van der Waals surface area contributed by atoms with Crippen LogP contribution in [0.5, 0.6) is 23.0 Å². The third-order valence-corrected chi connectivity index (χ3v) is 4.83. The monoisotopic (exact) mass is 397 g/mol. The van der Waals surface area contributed by atoms with E-state index in [4.69, 9.17) is 28.3 Å². The number of benzene rings is 2. The molecule has 1 radical (unpaired) electrons. The molecular formula is C22H26BO6. The smallest absolute Gasteiger partial charge is 0.526 e. The lowest BCUT2D eigenvalue weighted by molar-refractivity contribution is -0.106. The van der Waals surface area contributed by atoms with Crippen LogP contribution in [0.2, 0.25) is 0 Å². The Morgan fingerprint density at radius 3 is 1.38 bits per heavy atom.